The van der Waals surface area contributed by atoms with Gasteiger partial charge in [-0.1, -0.05) is 29.8 Å². The van der Waals surface area contributed by atoms with Gasteiger partial charge in [-0.25, -0.2) is 5.48 Å². The van der Waals surface area contributed by atoms with E-state index in [4.69, 9.17) is 26.3 Å². The number of rotatable bonds is 3. The highest BCUT2D eigenvalue weighted by molar-refractivity contribution is 7.59. The van der Waals surface area contributed by atoms with Gasteiger partial charge in [0.1, 0.15) is 12.4 Å². The van der Waals surface area contributed by atoms with Crippen molar-refractivity contribution >= 4 is 36.9 Å². The Morgan fingerprint density at radius 1 is 1.13 bits per heavy atom. The lowest BCUT2D eigenvalue weighted by molar-refractivity contribution is -0.142. The summed E-state index contributed by atoms with van der Waals surface area (Å²) in [6.45, 7) is 1.74. The second kappa shape index (κ2) is 10.4. The van der Waals surface area contributed by atoms with E-state index in [0.717, 1.165) is 11.1 Å². The van der Waals surface area contributed by atoms with Crippen molar-refractivity contribution < 1.29 is 24.3 Å². The van der Waals surface area contributed by atoms with Gasteiger partial charge in [0.05, 0.1) is 12.6 Å². The molecule has 0 radical (unpaired) electrons. The van der Waals surface area contributed by atoms with Crippen LogP contribution in [0.5, 0.6) is 5.75 Å². The van der Waals surface area contributed by atoms with E-state index in [2.05, 4.69) is 0 Å². The van der Waals surface area contributed by atoms with E-state index in [1.54, 1.807) is 29.7 Å². The highest BCUT2D eigenvalue weighted by Gasteiger charge is 2.34. The van der Waals surface area contributed by atoms with Crippen LogP contribution in [0, 0.1) is 5.92 Å². The first-order chi connectivity index (χ1) is 14.6. The highest BCUT2D eigenvalue weighted by atomic mass is 35.5. The summed E-state index contributed by atoms with van der Waals surface area (Å²) in [7, 11) is 0. The number of hydroxylamine groups is 1. The van der Waals surface area contributed by atoms with Gasteiger partial charge in [0.2, 0.25) is 5.91 Å². The van der Waals surface area contributed by atoms with Gasteiger partial charge in [-0.3, -0.25) is 14.8 Å². The quantitative estimate of drug-likeness (QED) is 0.536. The fourth-order valence-electron chi connectivity index (χ4n) is 3.98. The number of nitrogens with zero attached hydrogens (tertiary/aromatic N) is 1. The minimum absolute atomic E-state index is 0. The molecule has 166 valence electrons. The Bertz CT molecular complexity index is 951. The maximum atomic E-state index is 13.5. The number of nitrogens with one attached hydrogen (secondary N) is 1. The van der Waals surface area contributed by atoms with Crippen molar-refractivity contribution in [3.63, 3.8) is 0 Å². The third-order valence-electron chi connectivity index (χ3n) is 5.63. The minimum atomic E-state index is -0.618. The van der Waals surface area contributed by atoms with Gasteiger partial charge >= 0.3 is 0 Å². The molecule has 0 bridgehead atoms. The molecule has 1 saturated heterocycles. The van der Waals surface area contributed by atoms with E-state index < -0.39 is 5.91 Å². The smallest absolute Gasteiger partial charge is 0.274 e. The predicted molar refractivity (Wildman–Crippen MR) is 120 cm³/mol. The molecule has 2 aliphatic heterocycles. The average molecular weight is 465 g/mol. The van der Waals surface area contributed by atoms with Crippen LogP contribution in [0.1, 0.15) is 40.4 Å². The summed E-state index contributed by atoms with van der Waals surface area (Å²) >= 11 is 6.21. The molecule has 0 saturated carbocycles. The number of hydrogen-bond acceptors (Lipinski definition) is 5. The molecule has 7 nitrogen and oxygen atoms in total. The van der Waals surface area contributed by atoms with Gasteiger partial charge < -0.3 is 14.4 Å². The molecule has 2 N–H and O–H groups in total. The van der Waals surface area contributed by atoms with Crippen LogP contribution in [-0.2, 0) is 16.1 Å². The molecular formula is C22H25ClN2O5S. The zero-order chi connectivity index (χ0) is 21.1. The van der Waals surface area contributed by atoms with Gasteiger partial charge in [-0.05, 0) is 42.7 Å². The molecule has 0 aliphatic carbocycles. The number of benzene rings is 2. The third-order valence-corrected chi connectivity index (χ3v) is 5.87. The van der Waals surface area contributed by atoms with Gasteiger partial charge in [-0.15, -0.1) is 0 Å². The van der Waals surface area contributed by atoms with Crippen molar-refractivity contribution in [3.05, 3.63) is 64.2 Å². The van der Waals surface area contributed by atoms with E-state index >= 15 is 0 Å². The van der Waals surface area contributed by atoms with E-state index in [1.165, 1.54) is 0 Å². The van der Waals surface area contributed by atoms with Crippen molar-refractivity contribution in [3.8, 4) is 5.75 Å². The van der Waals surface area contributed by atoms with Crippen molar-refractivity contribution in [2.24, 2.45) is 5.92 Å². The number of amides is 2. The van der Waals surface area contributed by atoms with E-state index in [9.17, 15) is 9.59 Å². The second-order valence-corrected chi connectivity index (χ2v) is 7.93. The molecule has 0 unspecified atom stereocenters. The number of ether oxygens (including phenoxy) is 2. The van der Waals surface area contributed by atoms with Crippen LogP contribution in [0.2, 0.25) is 5.02 Å². The lowest BCUT2D eigenvalue weighted by Gasteiger charge is -2.34. The zero-order valence-electron chi connectivity index (χ0n) is 16.8. The molecule has 2 amide bonds. The predicted octanol–water partition coefficient (Wildman–Crippen LogP) is 3.46. The van der Waals surface area contributed by atoms with Crippen molar-refractivity contribution in [1.29, 1.82) is 0 Å². The molecule has 31 heavy (non-hydrogen) atoms. The Hall–Kier alpha value is -2.26. The monoisotopic (exact) mass is 464 g/mol. The van der Waals surface area contributed by atoms with Crippen molar-refractivity contribution in [2.45, 2.75) is 25.4 Å². The SMILES string of the molecule is O=C(NO)c1ccc2c(c1)OC[C@H](c1cccc(Cl)c1)N(C(=O)C1CCOCC1)C2.S. The fraction of sp³-hybridized carbons (Fsp3) is 0.364. The number of carbonyl (C=O) groups excluding carboxylic acids is 2. The zero-order valence-corrected chi connectivity index (χ0v) is 18.6. The summed E-state index contributed by atoms with van der Waals surface area (Å²) in [5, 5.41) is 9.50. The molecule has 2 aliphatic rings. The van der Waals surface area contributed by atoms with Crippen LogP contribution in [0.4, 0.5) is 0 Å². The molecule has 2 heterocycles. The number of hydrogen-bond donors (Lipinski definition) is 2. The molecule has 0 aromatic heterocycles. The van der Waals surface area contributed by atoms with E-state index in [0.29, 0.717) is 43.4 Å². The van der Waals surface area contributed by atoms with Gasteiger partial charge in [0, 0.05) is 35.3 Å². The second-order valence-electron chi connectivity index (χ2n) is 7.50. The first-order valence-corrected chi connectivity index (χ1v) is 10.3. The van der Waals surface area contributed by atoms with Gasteiger partial charge in [0.25, 0.3) is 5.91 Å². The molecule has 4 rings (SSSR count). The van der Waals surface area contributed by atoms with Crippen LogP contribution in [0.3, 0.4) is 0 Å². The maximum absolute atomic E-state index is 13.5. The number of halogens is 1. The molecule has 2 aromatic carbocycles. The number of fused-ring (bicyclic) bond motifs is 1. The number of carbonyl (C=O) groups is 2. The van der Waals surface area contributed by atoms with Crippen LogP contribution in [0.15, 0.2) is 42.5 Å². The molecule has 9 heteroatoms. The Kier molecular flexibility index (Phi) is 7.83. The van der Waals surface area contributed by atoms with Gasteiger partial charge in [-0.2, -0.15) is 13.5 Å². The molecule has 0 spiro atoms. The third kappa shape index (κ3) is 5.15. The van der Waals surface area contributed by atoms with E-state index in [1.807, 2.05) is 23.1 Å². The summed E-state index contributed by atoms with van der Waals surface area (Å²) in [6.07, 6.45) is 1.39. The summed E-state index contributed by atoms with van der Waals surface area (Å²) in [5.41, 5.74) is 3.60. The lowest BCUT2D eigenvalue weighted by atomic mass is 9.96. The normalized spacial score (nSPS) is 18.8. The van der Waals surface area contributed by atoms with Crippen LogP contribution < -0.4 is 10.2 Å². The Morgan fingerprint density at radius 2 is 1.90 bits per heavy atom. The Balaban J connectivity index is 0.00000272. The molecular weight excluding hydrogens is 440 g/mol. The molecule has 1 fully saturated rings. The van der Waals surface area contributed by atoms with Crippen LogP contribution in [-0.4, -0.2) is 41.7 Å². The Labute approximate surface area is 192 Å². The standard InChI is InChI=1S/C22H23ClN2O5.H2S/c23-18-3-1-2-15(10-18)19-13-30-20-11-16(21(26)24-28)4-5-17(20)12-25(19)22(27)14-6-8-29-9-7-14;/h1-5,10-11,14,19,28H,6-9,12-13H2,(H,24,26);1H2/t19-;/m1./s1. The van der Waals surface area contributed by atoms with E-state index in [-0.39, 0.29) is 43.5 Å². The Morgan fingerprint density at radius 3 is 2.61 bits per heavy atom. The van der Waals surface area contributed by atoms with Crippen LogP contribution in [0.25, 0.3) is 0 Å². The first kappa shape index (κ1) is 23.4. The lowest BCUT2D eigenvalue weighted by Crippen LogP contribution is -2.41. The fourth-order valence-corrected chi connectivity index (χ4v) is 4.18. The maximum Gasteiger partial charge on any atom is 0.274 e. The van der Waals surface area contributed by atoms with Gasteiger partial charge in [0.15, 0.2) is 0 Å². The minimum Gasteiger partial charge on any atom is -0.491 e. The summed E-state index contributed by atoms with van der Waals surface area (Å²) < 4.78 is 11.5. The molecule has 1 atom stereocenters. The van der Waals surface area contributed by atoms with Crippen LogP contribution >= 0.6 is 25.1 Å². The average Bonchev–Trinajstić information content (AvgIpc) is 2.98. The largest absolute Gasteiger partial charge is 0.491 e. The summed E-state index contributed by atoms with van der Waals surface area (Å²) in [6, 6.07) is 12.1. The molecule has 2 aromatic rings. The highest BCUT2D eigenvalue weighted by Crippen LogP contribution is 2.35. The summed E-state index contributed by atoms with van der Waals surface area (Å²) in [5.74, 6) is -0.129. The first-order valence-electron chi connectivity index (χ1n) is 9.90. The summed E-state index contributed by atoms with van der Waals surface area (Å²) in [4.78, 5) is 27.1. The van der Waals surface area contributed by atoms with Crippen molar-refractivity contribution in [1.82, 2.24) is 10.4 Å². The topological polar surface area (TPSA) is 88.1 Å². The van der Waals surface area contributed by atoms with Crippen molar-refractivity contribution in [2.75, 3.05) is 19.8 Å².